The smallest absolute Gasteiger partial charge is 0.278 e. The second kappa shape index (κ2) is 8.93. The van der Waals surface area contributed by atoms with Crippen molar-refractivity contribution in [3.63, 3.8) is 0 Å². The van der Waals surface area contributed by atoms with Crippen LogP contribution in [0.5, 0.6) is 11.5 Å². The minimum absolute atomic E-state index is 0.126. The molecule has 1 aliphatic rings. The lowest BCUT2D eigenvalue weighted by atomic mass is 10.0. The van der Waals surface area contributed by atoms with Gasteiger partial charge in [-0.1, -0.05) is 35.9 Å². The number of carbonyl (C=O) groups is 2. The molecule has 0 unspecified atom stereocenters. The number of methoxy groups -OCH3 is 2. The van der Waals surface area contributed by atoms with Crippen LogP contribution in [-0.4, -0.2) is 35.9 Å². The highest BCUT2D eigenvalue weighted by Crippen LogP contribution is 2.35. The molecule has 0 saturated heterocycles. The van der Waals surface area contributed by atoms with E-state index in [1.54, 1.807) is 50.9 Å². The third kappa shape index (κ3) is 4.05. The Hall–Kier alpha value is -4.13. The Kier molecular flexibility index (Phi) is 5.89. The van der Waals surface area contributed by atoms with Crippen molar-refractivity contribution in [2.45, 2.75) is 13.5 Å². The lowest BCUT2D eigenvalue weighted by Crippen LogP contribution is -2.32. The van der Waals surface area contributed by atoms with Crippen LogP contribution in [0.1, 0.15) is 16.7 Å². The largest absolute Gasteiger partial charge is 0.497 e. The van der Waals surface area contributed by atoms with Crippen molar-refractivity contribution in [2.24, 2.45) is 0 Å². The zero-order valence-electron chi connectivity index (χ0n) is 18.1. The molecule has 0 fully saturated rings. The van der Waals surface area contributed by atoms with Gasteiger partial charge in [0.15, 0.2) is 0 Å². The molecule has 0 saturated carbocycles. The van der Waals surface area contributed by atoms with Crippen LogP contribution in [0.25, 0.3) is 5.57 Å². The second-order valence-corrected chi connectivity index (χ2v) is 7.36. The van der Waals surface area contributed by atoms with Gasteiger partial charge in [-0.15, -0.1) is 0 Å². The molecular weight excluding hydrogens is 406 g/mol. The number of imide groups is 1. The van der Waals surface area contributed by atoms with Gasteiger partial charge in [0, 0.05) is 18.5 Å². The first kappa shape index (κ1) is 21.1. The number of pyridine rings is 1. The maximum Gasteiger partial charge on any atom is 0.278 e. The van der Waals surface area contributed by atoms with Gasteiger partial charge in [-0.25, -0.2) is 0 Å². The van der Waals surface area contributed by atoms with Crippen LogP contribution in [0.15, 0.2) is 72.7 Å². The van der Waals surface area contributed by atoms with Crippen LogP contribution < -0.4 is 14.8 Å². The molecule has 7 nitrogen and oxygen atoms in total. The zero-order valence-corrected chi connectivity index (χ0v) is 18.1. The van der Waals surface area contributed by atoms with Gasteiger partial charge in [-0.05, 0) is 36.2 Å². The van der Waals surface area contributed by atoms with Gasteiger partial charge in [0.1, 0.15) is 17.2 Å². The number of nitrogens with one attached hydrogen (secondary N) is 1. The summed E-state index contributed by atoms with van der Waals surface area (Å²) in [5.74, 6) is 0.327. The summed E-state index contributed by atoms with van der Waals surface area (Å²) in [6.07, 6.45) is 3.29. The molecule has 2 heterocycles. The summed E-state index contributed by atoms with van der Waals surface area (Å²) in [5.41, 5.74) is 3.50. The highest BCUT2D eigenvalue weighted by atomic mass is 16.5. The van der Waals surface area contributed by atoms with E-state index in [4.69, 9.17) is 9.47 Å². The SMILES string of the molecule is COc1ccc(OC)c(NC2=C(c3ccc(C)cc3)C(=O)N(Cc3cccnc3)C2=O)c1. The molecule has 0 bridgehead atoms. The number of rotatable bonds is 7. The van der Waals surface area contributed by atoms with Crippen LogP contribution in [-0.2, 0) is 16.1 Å². The summed E-state index contributed by atoms with van der Waals surface area (Å²) < 4.78 is 10.7. The third-order valence-corrected chi connectivity index (χ3v) is 5.24. The lowest BCUT2D eigenvalue weighted by molar-refractivity contribution is -0.137. The van der Waals surface area contributed by atoms with Crippen molar-refractivity contribution in [3.8, 4) is 11.5 Å². The number of carbonyl (C=O) groups excluding carboxylic acids is 2. The van der Waals surface area contributed by atoms with Crippen LogP contribution >= 0.6 is 0 Å². The van der Waals surface area contributed by atoms with E-state index in [1.807, 2.05) is 37.3 Å². The van der Waals surface area contributed by atoms with E-state index in [9.17, 15) is 9.59 Å². The molecule has 2 amide bonds. The van der Waals surface area contributed by atoms with Gasteiger partial charge < -0.3 is 14.8 Å². The van der Waals surface area contributed by atoms with E-state index in [2.05, 4.69) is 10.3 Å². The fourth-order valence-corrected chi connectivity index (χ4v) is 3.54. The summed E-state index contributed by atoms with van der Waals surface area (Å²) in [6.45, 7) is 2.09. The van der Waals surface area contributed by atoms with E-state index < -0.39 is 5.91 Å². The van der Waals surface area contributed by atoms with E-state index in [1.165, 1.54) is 4.90 Å². The predicted octanol–water partition coefficient (Wildman–Crippen LogP) is 3.80. The van der Waals surface area contributed by atoms with Gasteiger partial charge in [0.25, 0.3) is 11.8 Å². The van der Waals surface area contributed by atoms with Crippen molar-refractivity contribution in [1.82, 2.24) is 9.88 Å². The monoisotopic (exact) mass is 429 g/mol. The number of hydrogen-bond acceptors (Lipinski definition) is 6. The molecule has 7 heteroatoms. The Morgan fingerprint density at radius 1 is 0.969 bits per heavy atom. The Morgan fingerprint density at radius 3 is 2.41 bits per heavy atom. The fraction of sp³-hybridized carbons (Fsp3) is 0.160. The van der Waals surface area contributed by atoms with Crippen LogP contribution in [0.2, 0.25) is 0 Å². The minimum Gasteiger partial charge on any atom is -0.497 e. The first-order chi connectivity index (χ1) is 15.5. The maximum atomic E-state index is 13.4. The molecule has 32 heavy (non-hydrogen) atoms. The summed E-state index contributed by atoms with van der Waals surface area (Å²) >= 11 is 0. The quantitative estimate of drug-likeness (QED) is 0.576. The van der Waals surface area contributed by atoms with Gasteiger partial charge in [-0.3, -0.25) is 19.5 Å². The van der Waals surface area contributed by atoms with Crippen molar-refractivity contribution in [3.05, 3.63) is 89.4 Å². The molecule has 2 aromatic carbocycles. The summed E-state index contributed by atoms with van der Waals surface area (Å²) in [5, 5.41) is 3.14. The van der Waals surface area contributed by atoms with Gasteiger partial charge >= 0.3 is 0 Å². The molecule has 0 radical (unpaired) electrons. The Morgan fingerprint density at radius 2 is 1.75 bits per heavy atom. The number of aryl methyl sites for hydroxylation is 1. The second-order valence-electron chi connectivity index (χ2n) is 7.36. The van der Waals surface area contributed by atoms with Crippen molar-refractivity contribution in [2.75, 3.05) is 19.5 Å². The summed E-state index contributed by atoms with van der Waals surface area (Å²) in [4.78, 5) is 32.1. The van der Waals surface area contributed by atoms with E-state index in [0.717, 1.165) is 11.1 Å². The van der Waals surface area contributed by atoms with Crippen molar-refractivity contribution >= 4 is 23.1 Å². The Balaban J connectivity index is 1.78. The lowest BCUT2D eigenvalue weighted by Gasteiger charge is -2.16. The van der Waals surface area contributed by atoms with E-state index >= 15 is 0 Å². The molecule has 1 aliphatic heterocycles. The number of anilines is 1. The van der Waals surface area contributed by atoms with Gasteiger partial charge in [0.2, 0.25) is 0 Å². The molecule has 162 valence electrons. The average Bonchev–Trinajstić information content (AvgIpc) is 3.04. The van der Waals surface area contributed by atoms with Gasteiger partial charge in [0.05, 0.1) is 32.0 Å². The van der Waals surface area contributed by atoms with Crippen LogP contribution in [0.3, 0.4) is 0 Å². The summed E-state index contributed by atoms with van der Waals surface area (Å²) in [6, 6.07) is 16.3. The standard InChI is InChI=1S/C25H23N3O4/c1-16-6-8-18(9-7-16)22-23(27-20-13-19(31-2)10-11-21(20)32-3)25(30)28(24(22)29)15-17-5-4-12-26-14-17/h4-14,27H,15H2,1-3H3. The van der Waals surface area contributed by atoms with Crippen LogP contribution in [0.4, 0.5) is 5.69 Å². The zero-order chi connectivity index (χ0) is 22.7. The average molecular weight is 429 g/mol. The maximum absolute atomic E-state index is 13.4. The minimum atomic E-state index is -0.417. The molecule has 3 aromatic rings. The molecule has 0 spiro atoms. The normalized spacial score (nSPS) is 13.5. The summed E-state index contributed by atoms with van der Waals surface area (Å²) in [7, 11) is 3.10. The first-order valence-electron chi connectivity index (χ1n) is 10.1. The fourth-order valence-electron chi connectivity index (χ4n) is 3.54. The first-order valence-corrected chi connectivity index (χ1v) is 10.1. The highest BCUT2D eigenvalue weighted by molar-refractivity contribution is 6.36. The highest BCUT2D eigenvalue weighted by Gasteiger charge is 2.39. The molecule has 0 aliphatic carbocycles. The topological polar surface area (TPSA) is 80.8 Å². The van der Waals surface area contributed by atoms with Crippen molar-refractivity contribution in [1.29, 1.82) is 0 Å². The molecule has 1 aromatic heterocycles. The number of aromatic nitrogens is 1. The number of hydrogen-bond donors (Lipinski definition) is 1. The van der Waals surface area contributed by atoms with E-state index in [0.29, 0.717) is 28.3 Å². The molecule has 1 N–H and O–H groups in total. The number of benzene rings is 2. The van der Waals surface area contributed by atoms with Gasteiger partial charge in [-0.2, -0.15) is 0 Å². The molecule has 0 atom stereocenters. The molecule has 4 rings (SSSR count). The van der Waals surface area contributed by atoms with E-state index in [-0.39, 0.29) is 18.1 Å². The number of amides is 2. The molecular formula is C25H23N3O4. The number of ether oxygens (including phenoxy) is 2. The predicted molar refractivity (Wildman–Crippen MR) is 121 cm³/mol. The Bertz CT molecular complexity index is 1190. The van der Waals surface area contributed by atoms with Crippen LogP contribution in [0, 0.1) is 6.92 Å². The van der Waals surface area contributed by atoms with Crippen molar-refractivity contribution < 1.29 is 19.1 Å². The number of nitrogens with zero attached hydrogens (tertiary/aromatic N) is 2. The Labute approximate surface area is 186 Å². The third-order valence-electron chi connectivity index (χ3n) is 5.24.